The van der Waals surface area contributed by atoms with E-state index in [4.69, 9.17) is 0 Å². The first-order valence-corrected chi connectivity index (χ1v) is 17.4. The number of para-hydroxylation sites is 1. The number of benzene rings is 8. The minimum Gasteiger partial charge on any atom is -0.310 e. The lowest BCUT2D eigenvalue weighted by atomic mass is 9.69. The lowest BCUT2D eigenvalue weighted by Crippen LogP contribution is -2.26. The highest BCUT2D eigenvalue weighted by atomic mass is 15.1. The van der Waals surface area contributed by atoms with Crippen LogP contribution in [0, 0.1) is 0 Å². The zero-order chi connectivity index (χ0) is 32.7. The molecule has 0 heterocycles. The quantitative estimate of drug-likeness (QED) is 0.188. The summed E-state index contributed by atoms with van der Waals surface area (Å²) in [5.74, 6) is 0.488. The van der Waals surface area contributed by atoms with E-state index in [0.29, 0.717) is 5.92 Å². The maximum Gasteiger partial charge on any atom is 0.0731 e. The van der Waals surface area contributed by atoms with E-state index in [9.17, 15) is 0 Å². The molecule has 8 aromatic rings. The van der Waals surface area contributed by atoms with E-state index in [2.05, 4.69) is 189 Å². The highest BCUT2D eigenvalue weighted by Gasteiger charge is 2.52. The van der Waals surface area contributed by atoms with Crippen LogP contribution in [0.15, 0.2) is 170 Å². The highest BCUT2D eigenvalue weighted by molar-refractivity contribution is 6.07. The van der Waals surface area contributed by atoms with E-state index in [1.807, 2.05) is 0 Å². The monoisotopic (exact) mass is 625 g/mol. The van der Waals surface area contributed by atoms with Crippen molar-refractivity contribution in [2.45, 2.75) is 25.2 Å². The fourth-order valence-corrected chi connectivity index (χ4v) is 8.82. The van der Waals surface area contributed by atoms with Gasteiger partial charge in [0.1, 0.15) is 0 Å². The number of rotatable bonds is 4. The minimum absolute atomic E-state index is 0.408. The summed E-state index contributed by atoms with van der Waals surface area (Å²) >= 11 is 0. The summed E-state index contributed by atoms with van der Waals surface area (Å²) in [7, 11) is 0. The van der Waals surface area contributed by atoms with Crippen LogP contribution >= 0.6 is 0 Å². The van der Waals surface area contributed by atoms with Crippen molar-refractivity contribution >= 4 is 38.6 Å². The van der Waals surface area contributed by atoms with Gasteiger partial charge in [0.15, 0.2) is 0 Å². The number of fused-ring (bicyclic) bond motifs is 13. The fourth-order valence-electron chi connectivity index (χ4n) is 8.82. The van der Waals surface area contributed by atoms with Crippen LogP contribution in [0.5, 0.6) is 0 Å². The molecule has 8 aromatic carbocycles. The Kier molecular flexibility index (Phi) is 6.05. The van der Waals surface area contributed by atoms with Gasteiger partial charge in [-0.25, -0.2) is 0 Å². The largest absolute Gasteiger partial charge is 0.310 e. The Hall–Kier alpha value is -5.92. The first-order valence-electron chi connectivity index (χ1n) is 17.4. The number of nitrogens with zero attached hydrogens (tertiary/aromatic N) is 1. The molecule has 0 aliphatic heterocycles. The van der Waals surface area contributed by atoms with Crippen LogP contribution in [0.3, 0.4) is 0 Å². The molecule has 1 heteroatoms. The van der Waals surface area contributed by atoms with Gasteiger partial charge in [-0.15, -0.1) is 0 Å². The third-order valence-corrected chi connectivity index (χ3v) is 11.0. The van der Waals surface area contributed by atoms with E-state index in [0.717, 1.165) is 17.1 Å². The molecule has 0 fully saturated rings. The highest BCUT2D eigenvalue weighted by Crippen LogP contribution is 2.64. The molecule has 10 rings (SSSR count). The summed E-state index contributed by atoms with van der Waals surface area (Å²) in [5, 5.41) is 5.11. The molecule has 0 saturated heterocycles. The van der Waals surface area contributed by atoms with Crippen molar-refractivity contribution in [3.8, 4) is 22.3 Å². The van der Waals surface area contributed by atoms with Crippen molar-refractivity contribution in [2.24, 2.45) is 0 Å². The molecule has 0 aromatic heterocycles. The van der Waals surface area contributed by atoms with E-state index >= 15 is 0 Å². The Morgan fingerprint density at radius 1 is 0.408 bits per heavy atom. The van der Waals surface area contributed by atoms with Gasteiger partial charge in [-0.05, 0) is 126 Å². The molecule has 2 aliphatic carbocycles. The predicted molar refractivity (Wildman–Crippen MR) is 207 cm³/mol. The number of hydrogen-bond acceptors (Lipinski definition) is 1. The van der Waals surface area contributed by atoms with Gasteiger partial charge in [0, 0.05) is 17.1 Å². The van der Waals surface area contributed by atoms with Crippen molar-refractivity contribution in [1.29, 1.82) is 0 Å². The van der Waals surface area contributed by atoms with Crippen LogP contribution in [0.2, 0.25) is 0 Å². The predicted octanol–water partition coefficient (Wildman–Crippen LogP) is 12.9. The van der Waals surface area contributed by atoms with E-state index < -0.39 is 5.41 Å². The number of anilines is 3. The molecule has 0 N–H and O–H groups in total. The lowest BCUT2D eigenvalue weighted by molar-refractivity contribution is 0.802. The molecule has 0 saturated carbocycles. The van der Waals surface area contributed by atoms with E-state index in [-0.39, 0.29) is 0 Å². The molecule has 0 unspecified atom stereocenters. The molecule has 49 heavy (non-hydrogen) atoms. The van der Waals surface area contributed by atoms with E-state index in [1.54, 1.807) is 0 Å². The van der Waals surface area contributed by atoms with E-state index in [1.165, 1.54) is 71.6 Å². The molecule has 0 atom stereocenters. The molecular formula is C48H35N. The second-order valence-corrected chi connectivity index (χ2v) is 13.9. The zero-order valence-corrected chi connectivity index (χ0v) is 27.7. The third-order valence-electron chi connectivity index (χ3n) is 11.0. The van der Waals surface area contributed by atoms with Gasteiger partial charge in [0.25, 0.3) is 0 Å². The molecule has 2 aliphatic rings. The average molecular weight is 626 g/mol. The Balaban J connectivity index is 1.26. The second-order valence-electron chi connectivity index (χ2n) is 13.9. The minimum atomic E-state index is -0.408. The third kappa shape index (κ3) is 3.93. The van der Waals surface area contributed by atoms with Gasteiger partial charge in [0.2, 0.25) is 0 Å². The smallest absolute Gasteiger partial charge is 0.0731 e. The molecule has 232 valence electrons. The normalized spacial score (nSPS) is 13.4. The summed E-state index contributed by atoms with van der Waals surface area (Å²) in [6.45, 7) is 4.50. The van der Waals surface area contributed by atoms with Gasteiger partial charge < -0.3 is 4.90 Å². The van der Waals surface area contributed by atoms with Gasteiger partial charge in [-0.2, -0.15) is 0 Å². The Morgan fingerprint density at radius 3 is 1.69 bits per heavy atom. The first kappa shape index (κ1) is 28.1. The number of hydrogen-bond donors (Lipinski definition) is 0. The van der Waals surface area contributed by atoms with Crippen LogP contribution in [-0.4, -0.2) is 0 Å². The molecule has 0 amide bonds. The Morgan fingerprint density at radius 2 is 1.00 bits per heavy atom. The molecular weight excluding hydrogens is 591 g/mol. The van der Waals surface area contributed by atoms with Crippen LogP contribution in [0.4, 0.5) is 17.1 Å². The molecule has 0 bridgehead atoms. The van der Waals surface area contributed by atoms with Crippen LogP contribution < -0.4 is 4.90 Å². The first-order chi connectivity index (χ1) is 24.1. The summed E-state index contributed by atoms with van der Waals surface area (Å²) in [6, 6.07) is 63.5. The van der Waals surface area contributed by atoms with Crippen LogP contribution in [-0.2, 0) is 5.41 Å². The van der Waals surface area contributed by atoms with Gasteiger partial charge in [-0.3, -0.25) is 0 Å². The summed E-state index contributed by atoms with van der Waals surface area (Å²) in [5.41, 5.74) is 15.3. The Labute approximate surface area is 287 Å². The maximum absolute atomic E-state index is 2.47. The summed E-state index contributed by atoms with van der Waals surface area (Å²) in [4.78, 5) is 2.38. The Bertz CT molecular complexity index is 2530. The van der Waals surface area contributed by atoms with Crippen LogP contribution in [0.1, 0.15) is 47.6 Å². The molecule has 0 radical (unpaired) electrons. The molecule has 1 nitrogen and oxygen atoms in total. The lowest BCUT2D eigenvalue weighted by Gasteiger charge is -2.32. The van der Waals surface area contributed by atoms with Crippen molar-refractivity contribution in [3.05, 3.63) is 198 Å². The topological polar surface area (TPSA) is 3.24 Å². The summed E-state index contributed by atoms with van der Waals surface area (Å²) < 4.78 is 0. The average Bonchev–Trinajstić information content (AvgIpc) is 3.61. The van der Waals surface area contributed by atoms with Crippen molar-refractivity contribution in [1.82, 2.24) is 0 Å². The maximum atomic E-state index is 2.47. The van der Waals surface area contributed by atoms with Crippen molar-refractivity contribution in [3.63, 3.8) is 0 Å². The zero-order valence-electron chi connectivity index (χ0n) is 27.7. The molecule has 1 spiro atoms. The van der Waals surface area contributed by atoms with Crippen molar-refractivity contribution in [2.75, 3.05) is 4.90 Å². The van der Waals surface area contributed by atoms with Gasteiger partial charge in [-0.1, -0.05) is 135 Å². The van der Waals surface area contributed by atoms with Gasteiger partial charge >= 0.3 is 0 Å². The summed E-state index contributed by atoms with van der Waals surface area (Å²) in [6.07, 6.45) is 0. The van der Waals surface area contributed by atoms with Crippen molar-refractivity contribution < 1.29 is 0 Å². The second kappa shape index (κ2) is 10.5. The fraction of sp³-hybridized carbons (Fsp3) is 0.0833. The standard InChI is InChI=1S/C48H35N/c1-31(2)32-20-23-37(24-21-32)49(36-14-4-3-5-15-36)38-25-27-39-35(28-38)22-26-42-43-29-33-12-6-7-13-34(33)30-46(43)48(47(39)42)44-18-10-8-16-40(44)41-17-9-11-19-45(41)48/h3-31H,1-2H3. The van der Waals surface area contributed by atoms with Gasteiger partial charge in [0.05, 0.1) is 5.41 Å². The van der Waals surface area contributed by atoms with Crippen LogP contribution in [0.25, 0.3) is 43.8 Å². The SMILES string of the molecule is CC(C)c1ccc(N(c2ccccc2)c2ccc3c4c(ccc3c2)-c2cc3ccccc3cc2C42c3ccccc3-c3ccccc32)cc1.